The number of carbonyl (C=O) groups is 1. The predicted octanol–water partition coefficient (Wildman–Crippen LogP) is 2.28. The molecule has 20 heavy (non-hydrogen) atoms. The monoisotopic (exact) mass is 333 g/mol. The number of nitrogens with one attached hydrogen (secondary N) is 1. The minimum atomic E-state index is -0.110. The summed E-state index contributed by atoms with van der Waals surface area (Å²) >= 11 is 3.46. The molecule has 0 radical (unpaired) electrons. The molecule has 0 saturated carbocycles. The van der Waals surface area contributed by atoms with E-state index in [1.807, 2.05) is 24.3 Å². The number of halogens is 1. The normalized spacial score (nSPS) is 10.3. The third kappa shape index (κ3) is 3.88. The molecule has 0 saturated heterocycles. The fourth-order valence-corrected chi connectivity index (χ4v) is 2.25. The molecule has 3 N–H and O–H groups in total. The molecular formula is C15H16BrN3O. The fourth-order valence-electron chi connectivity index (χ4n) is 1.82. The lowest BCUT2D eigenvalue weighted by Gasteiger charge is -2.08. The predicted molar refractivity (Wildman–Crippen MR) is 82.3 cm³/mol. The van der Waals surface area contributed by atoms with E-state index in [0.29, 0.717) is 25.1 Å². The van der Waals surface area contributed by atoms with Crippen LogP contribution in [0.3, 0.4) is 0 Å². The van der Waals surface area contributed by atoms with Crippen molar-refractivity contribution in [3.63, 3.8) is 0 Å². The van der Waals surface area contributed by atoms with E-state index in [1.165, 1.54) is 0 Å². The van der Waals surface area contributed by atoms with Crippen LogP contribution in [-0.4, -0.2) is 17.4 Å². The van der Waals surface area contributed by atoms with Gasteiger partial charge in [-0.25, -0.2) is 0 Å². The number of aromatic nitrogens is 1. The van der Waals surface area contributed by atoms with Gasteiger partial charge < -0.3 is 11.1 Å². The third-order valence-electron chi connectivity index (χ3n) is 2.88. The van der Waals surface area contributed by atoms with E-state index in [4.69, 9.17) is 5.73 Å². The highest BCUT2D eigenvalue weighted by Gasteiger charge is 2.07. The lowest BCUT2D eigenvalue weighted by Crippen LogP contribution is -2.23. The SMILES string of the molecule is NCCc1cc(C(=O)NCc2ccccc2Br)ccn1. The summed E-state index contributed by atoms with van der Waals surface area (Å²) < 4.78 is 0.985. The number of nitrogens with zero attached hydrogens (tertiary/aromatic N) is 1. The molecule has 1 amide bonds. The molecule has 1 aromatic heterocycles. The maximum absolute atomic E-state index is 12.1. The Hall–Kier alpha value is -1.72. The molecule has 0 spiro atoms. The Morgan fingerprint density at radius 2 is 2.10 bits per heavy atom. The first-order valence-corrected chi connectivity index (χ1v) is 7.16. The zero-order valence-electron chi connectivity index (χ0n) is 11.0. The molecule has 0 unspecified atom stereocenters. The van der Waals surface area contributed by atoms with Gasteiger partial charge in [0.05, 0.1) is 0 Å². The van der Waals surface area contributed by atoms with E-state index in [2.05, 4.69) is 26.2 Å². The van der Waals surface area contributed by atoms with Crippen LogP contribution in [0.5, 0.6) is 0 Å². The number of rotatable bonds is 5. The van der Waals surface area contributed by atoms with Crippen molar-refractivity contribution in [1.82, 2.24) is 10.3 Å². The van der Waals surface area contributed by atoms with E-state index in [-0.39, 0.29) is 5.91 Å². The minimum absolute atomic E-state index is 0.110. The zero-order valence-corrected chi connectivity index (χ0v) is 12.6. The summed E-state index contributed by atoms with van der Waals surface area (Å²) in [7, 11) is 0. The Morgan fingerprint density at radius 1 is 1.30 bits per heavy atom. The van der Waals surface area contributed by atoms with Crippen molar-refractivity contribution < 1.29 is 4.79 Å². The number of benzene rings is 1. The Kier molecular flexibility index (Phi) is 5.26. The maximum atomic E-state index is 12.1. The lowest BCUT2D eigenvalue weighted by molar-refractivity contribution is 0.0950. The number of pyridine rings is 1. The lowest BCUT2D eigenvalue weighted by atomic mass is 10.1. The maximum Gasteiger partial charge on any atom is 0.251 e. The summed E-state index contributed by atoms with van der Waals surface area (Å²) in [5, 5.41) is 2.90. The number of hydrogen-bond donors (Lipinski definition) is 2. The van der Waals surface area contributed by atoms with E-state index in [0.717, 1.165) is 15.7 Å². The van der Waals surface area contributed by atoms with Gasteiger partial charge in [-0.1, -0.05) is 34.1 Å². The molecule has 1 aromatic carbocycles. The average Bonchev–Trinajstić information content (AvgIpc) is 2.47. The van der Waals surface area contributed by atoms with Gasteiger partial charge in [0.25, 0.3) is 5.91 Å². The van der Waals surface area contributed by atoms with E-state index in [1.54, 1.807) is 18.3 Å². The van der Waals surface area contributed by atoms with Crippen LogP contribution in [0.1, 0.15) is 21.6 Å². The van der Waals surface area contributed by atoms with E-state index >= 15 is 0 Å². The van der Waals surface area contributed by atoms with Crippen molar-refractivity contribution in [2.75, 3.05) is 6.54 Å². The van der Waals surface area contributed by atoms with E-state index in [9.17, 15) is 4.79 Å². The summed E-state index contributed by atoms with van der Waals surface area (Å²) in [5.74, 6) is -0.110. The topological polar surface area (TPSA) is 68.0 Å². The summed E-state index contributed by atoms with van der Waals surface area (Å²) in [6.45, 7) is 1.00. The number of carbonyl (C=O) groups excluding carboxylic acids is 1. The highest BCUT2D eigenvalue weighted by molar-refractivity contribution is 9.10. The first kappa shape index (κ1) is 14.7. The largest absolute Gasteiger partial charge is 0.348 e. The third-order valence-corrected chi connectivity index (χ3v) is 3.65. The van der Waals surface area contributed by atoms with Gasteiger partial charge in [0.1, 0.15) is 0 Å². The molecule has 1 heterocycles. The van der Waals surface area contributed by atoms with Gasteiger partial charge in [0, 0.05) is 34.9 Å². The van der Waals surface area contributed by atoms with Crippen molar-refractivity contribution in [2.24, 2.45) is 5.73 Å². The Labute approximate surface area is 126 Å². The molecular weight excluding hydrogens is 318 g/mol. The molecule has 2 aromatic rings. The van der Waals surface area contributed by atoms with Crippen molar-refractivity contribution in [2.45, 2.75) is 13.0 Å². The molecule has 4 nitrogen and oxygen atoms in total. The van der Waals surface area contributed by atoms with Crippen LogP contribution < -0.4 is 11.1 Å². The standard InChI is InChI=1S/C15H16BrN3O/c16-14-4-2-1-3-12(14)10-19-15(20)11-6-8-18-13(9-11)5-7-17/h1-4,6,8-9H,5,7,10,17H2,(H,19,20). The van der Waals surface area contributed by atoms with E-state index < -0.39 is 0 Å². The summed E-state index contributed by atoms with van der Waals surface area (Å²) in [6.07, 6.45) is 2.31. The fraction of sp³-hybridized carbons (Fsp3) is 0.200. The first-order valence-electron chi connectivity index (χ1n) is 6.37. The first-order chi connectivity index (χ1) is 9.70. The molecule has 104 valence electrons. The molecule has 5 heteroatoms. The smallest absolute Gasteiger partial charge is 0.251 e. The quantitative estimate of drug-likeness (QED) is 0.881. The highest BCUT2D eigenvalue weighted by Crippen LogP contribution is 2.15. The second kappa shape index (κ2) is 7.17. The van der Waals surface area contributed by atoms with Crippen LogP contribution in [0.15, 0.2) is 47.1 Å². The second-order valence-electron chi connectivity index (χ2n) is 4.35. The van der Waals surface area contributed by atoms with Crippen LogP contribution in [0.4, 0.5) is 0 Å². The van der Waals surface area contributed by atoms with Crippen LogP contribution in [0, 0.1) is 0 Å². The second-order valence-corrected chi connectivity index (χ2v) is 5.20. The Balaban J connectivity index is 2.01. The number of nitrogens with two attached hydrogens (primary N) is 1. The molecule has 0 aliphatic carbocycles. The average molecular weight is 334 g/mol. The number of hydrogen-bond acceptors (Lipinski definition) is 3. The molecule has 0 fully saturated rings. The van der Waals surface area contributed by atoms with Gasteiger partial charge in [-0.15, -0.1) is 0 Å². The van der Waals surface area contributed by atoms with Crippen molar-refractivity contribution >= 4 is 21.8 Å². The summed E-state index contributed by atoms with van der Waals surface area (Å²) in [4.78, 5) is 16.3. The van der Waals surface area contributed by atoms with Gasteiger partial charge in [-0.3, -0.25) is 9.78 Å². The van der Waals surface area contributed by atoms with Gasteiger partial charge in [0.15, 0.2) is 0 Å². The van der Waals surface area contributed by atoms with Gasteiger partial charge in [-0.05, 0) is 30.3 Å². The van der Waals surface area contributed by atoms with Crippen molar-refractivity contribution in [1.29, 1.82) is 0 Å². The Bertz CT molecular complexity index is 601. The number of amides is 1. The Morgan fingerprint density at radius 3 is 2.85 bits per heavy atom. The van der Waals surface area contributed by atoms with Crippen molar-refractivity contribution in [3.05, 3.63) is 63.9 Å². The summed E-state index contributed by atoms with van der Waals surface area (Å²) in [5.41, 5.74) is 7.97. The van der Waals surface area contributed by atoms with Crippen LogP contribution in [0.25, 0.3) is 0 Å². The zero-order chi connectivity index (χ0) is 14.4. The summed E-state index contributed by atoms with van der Waals surface area (Å²) in [6, 6.07) is 11.3. The van der Waals surface area contributed by atoms with Crippen LogP contribution >= 0.6 is 15.9 Å². The minimum Gasteiger partial charge on any atom is -0.348 e. The highest BCUT2D eigenvalue weighted by atomic mass is 79.9. The molecule has 0 aliphatic heterocycles. The van der Waals surface area contributed by atoms with Crippen LogP contribution in [0.2, 0.25) is 0 Å². The van der Waals surface area contributed by atoms with Crippen molar-refractivity contribution in [3.8, 4) is 0 Å². The molecule has 0 aliphatic rings. The van der Waals surface area contributed by atoms with Gasteiger partial charge in [0.2, 0.25) is 0 Å². The molecule has 0 atom stereocenters. The molecule has 2 rings (SSSR count). The van der Waals surface area contributed by atoms with Gasteiger partial charge in [-0.2, -0.15) is 0 Å². The van der Waals surface area contributed by atoms with Crippen LogP contribution in [-0.2, 0) is 13.0 Å². The molecule has 0 bridgehead atoms. The van der Waals surface area contributed by atoms with Gasteiger partial charge >= 0.3 is 0 Å².